The summed E-state index contributed by atoms with van der Waals surface area (Å²) in [6.45, 7) is 14.0. The van der Waals surface area contributed by atoms with Gasteiger partial charge in [-0.05, 0) is 74.1 Å². The van der Waals surface area contributed by atoms with E-state index in [-0.39, 0.29) is 29.8 Å². The Labute approximate surface area is 267 Å². The van der Waals surface area contributed by atoms with Crippen LogP contribution in [0, 0.1) is 13.8 Å². The summed E-state index contributed by atoms with van der Waals surface area (Å²) in [6, 6.07) is 5.90. The molecule has 3 aromatic rings. The molecule has 2 atom stereocenters. The Kier molecular flexibility index (Phi) is 9.01. The van der Waals surface area contributed by atoms with E-state index >= 15 is 0 Å². The van der Waals surface area contributed by atoms with E-state index in [9.17, 15) is 19.5 Å². The second kappa shape index (κ2) is 12.8. The third kappa shape index (κ3) is 5.63. The Hall–Kier alpha value is -4.99. The lowest BCUT2D eigenvalue weighted by molar-refractivity contribution is -0.141. The van der Waals surface area contributed by atoms with E-state index in [1.807, 2.05) is 39.0 Å². The number of carbonyl (C=O) groups excluding carboxylic acids is 2. The van der Waals surface area contributed by atoms with Crippen molar-refractivity contribution in [1.82, 2.24) is 19.9 Å². The van der Waals surface area contributed by atoms with Gasteiger partial charge in [0.2, 0.25) is 0 Å². The fraction of sp³-hybridized carbons (Fsp3) is 0.361. The fourth-order valence-electron chi connectivity index (χ4n) is 6.72. The first-order chi connectivity index (χ1) is 21.9. The number of nitrogens with one attached hydrogen (secondary N) is 2. The number of aromatic amines is 2. The van der Waals surface area contributed by atoms with E-state index in [0.717, 1.165) is 51.1 Å². The van der Waals surface area contributed by atoms with Gasteiger partial charge in [-0.3, -0.25) is 14.6 Å². The van der Waals surface area contributed by atoms with E-state index < -0.39 is 18.4 Å². The lowest BCUT2D eigenvalue weighted by Gasteiger charge is -2.17. The molecule has 0 amide bonds. The summed E-state index contributed by atoms with van der Waals surface area (Å²) in [4.78, 5) is 55.0. The number of rotatable bonds is 8. The van der Waals surface area contributed by atoms with Gasteiger partial charge in [0.05, 0.1) is 48.8 Å². The number of esters is 2. The summed E-state index contributed by atoms with van der Waals surface area (Å²) >= 11 is 0. The summed E-state index contributed by atoms with van der Waals surface area (Å²) in [5.74, 6) is -2.58. The molecule has 0 spiro atoms. The van der Waals surface area contributed by atoms with Crippen molar-refractivity contribution in [1.29, 1.82) is 0 Å². The summed E-state index contributed by atoms with van der Waals surface area (Å²) in [5, 5.41) is 10.2. The molecule has 0 aliphatic carbocycles. The number of aryl methyl sites for hydroxylation is 3. The maximum absolute atomic E-state index is 13.3. The molecule has 0 aromatic carbocycles. The van der Waals surface area contributed by atoms with Crippen LogP contribution in [-0.2, 0) is 31.9 Å². The second-order valence-corrected chi connectivity index (χ2v) is 11.9. The molecule has 0 unspecified atom stereocenters. The minimum absolute atomic E-state index is 0.117. The molecule has 3 aromatic heterocycles. The normalized spacial score (nSPS) is 16.0. The van der Waals surface area contributed by atoms with Gasteiger partial charge in [0, 0.05) is 51.6 Å². The van der Waals surface area contributed by atoms with Crippen molar-refractivity contribution in [2.45, 2.75) is 72.1 Å². The minimum Gasteiger partial charge on any atom is -0.481 e. The van der Waals surface area contributed by atoms with Gasteiger partial charge in [-0.1, -0.05) is 26.5 Å². The van der Waals surface area contributed by atoms with Gasteiger partial charge in [0.15, 0.2) is 0 Å². The average molecular weight is 625 g/mol. The minimum atomic E-state index is -1.08. The number of carboxylic acids is 1. The van der Waals surface area contributed by atoms with Crippen LogP contribution < -0.4 is 0 Å². The molecule has 2 aliphatic heterocycles. The van der Waals surface area contributed by atoms with Crippen LogP contribution >= 0.6 is 0 Å². The van der Waals surface area contributed by atoms with Crippen LogP contribution in [0.5, 0.6) is 0 Å². The molecule has 0 saturated carbocycles. The first kappa shape index (κ1) is 32.4. The first-order valence-corrected chi connectivity index (χ1v) is 15.4. The highest BCUT2D eigenvalue weighted by Gasteiger charge is 2.34. The Morgan fingerprint density at radius 1 is 0.957 bits per heavy atom. The Morgan fingerprint density at radius 2 is 1.67 bits per heavy atom. The fourth-order valence-corrected chi connectivity index (χ4v) is 6.72. The third-order valence-corrected chi connectivity index (χ3v) is 9.34. The zero-order valence-electron chi connectivity index (χ0n) is 27.4. The highest BCUT2D eigenvalue weighted by Crippen LogP contribution is 2.43. The summed E-state index contributed by atoms with van der Waals surface area (Å²) in [6.07, 6.45) is 2.64. The standard InChI is InChI=1S/C36H40N4O6/c1-9-21-17(3)25-14-27-19(5)23(11-12-32(43)45-7)34(39-27)24(13-31(41)42)35-33(36(44)46-8)20(6)28(40-35)16-30-22(10-2)18(4)26(38-30)15-29(21)37-25/h9,14-16,19,23,38,40H,1,10-13H2,2-8H3,(H,41,42)/t19-,23-/m0/s1. The van der Waals surface area contributed by atoms with Crippen LogP contribution in [0.1, 0.15) is 101 Å². The van der Waals surface area contributed by atoms with Crippen LogP contribution in [0.3, 0.4) is 0 Å². The Balaban J connectivity index is 2.03. The molecule has 5 rings (SSSR count). The number of carboxylic acid groups (broad SMARTS) is 1. The molecule has 10 nitrogen and oxygen atoms in total. The summed E-state index contributed by atoms with van der Waals surface area (Å²) in [5.41, 5.74) is 10.7. The molecule has 46 heavy (non-hydrogen) atoms. The molecule has 10 heteroatoms. The summed E-state index contributed by atoms with van der Waals surface area (Å²) < 4.78 is 10.1. The zero-order valence-corrected chi connectivity index (χ0v) is 27.4. The van der Waals surface area contributed by atoms with Gasteiger partial charge in [0.1, 0.15) is 0 Å². The number of carbonyl (C=O) groups is 3. The van der Waals surface area contributed by atoms with Crippen molar-refractivity contribution >= 4 is 51.1 Å². The van der Waals surface area contributed by atoms with Crippen molar-refractivity contribution in [3.05, 3.63) is 81.4 Å². The number of aliphatic carboxylic acids is 1. The quantitative estimate of drug-likeness (QED) is 0.230. The van der Waals surface area contributed by atoms with Gasteiger partial charge >= 0.3 is 17.9 Å². The molecule has 8 bridgehead atoms. The van der Waals surface area contributed by atoms with E-state index in [4.69, 9.17) is 19.4 Å². The van der Waals surface area contributed by atoms with Gasteiger partial charge in [-0.2, -0.15) is 0 Å². The lowest BCUT2D eigenvalue weighted by atomic mass is 9.85. The number of hydrogen-bond acceptors (Lipinski definition) is 7. The van der Waals surface area contributed by atoms with E-state index in [1.165, 1.54) is 14.2 Å². The molecular formula is C36H40N4O6. The van der Waals surface area contributed by atoms with Crippen LogP contribution in [0.15, 0.2) is 30.9 Å². The van der Waals surface area contributed by atoms with Crippen molar-refractivity contribution in [2.24, 2.45) is 0 Å². The number of ether oxygens (including phenoxy) is 2. The molecule has 3 N–H and O–H groups in total. The number of aromatic nitrogens is 4. The van der Waals surface area contributed by atoms with Crippen molar-refractivity contribution in [3.8, 4) is 0 Å². The molecule has 5 heterocycles. The smallest absolute Gasteiger partial charge is 0.340 e. The largest absolute Gasteiger partial charge is 0.481 e. The van der Waals surface area contributed by atoms with Crippen LogP contribution in [0.4, 0.5) is 0 Å². The predicted octanol–water partition coefficient (Wildman–Crippen LogP) is 6.86. The third-order valence-electron chi connectivity index (χ3n) is 9.34. The number of allylic oxidation sites excluding steroid dienone is 3. The predicted molar refractivity (Wildman–Crippen MR) is 178 cm³/mol. The van der Waals surface area contributed by atoms with Crippen LogP contribution in [0.2, 0.25) is 0 Å². The topological polar surface area (TPSA) is 147 Å². The Bertz CT molecular complexity index is 1980. The molecule has 0 radical (unpaired) electrons. The number of methoxy groups -OCH3 is 2. The Morgan fingerprint density at radius 3 is 2.30 bits per heavy atom. The van der Waals surface area contributed by atoms with Crippen molar-refractivity contribution < 1.29 is 29.0 Å². The van der Waals surface area contributed by atoms with E-state index in [1.54, 1.807) is 6.08 Å². The van der Waals surface area contributed by atoms with Crippen molar-refractivity contribution in [3.63, 3.8) is 0 Å². The molecule has 240 valence electrons. The molecular weight excluding hydrogens is 584 g/mol. The maximum atomic E-state index is 13.3. The number of fused-ring (bicyclic) bond motifs is 8. The summed E-state index contributed by atoms with van der Waals surface area (Å²) in [7, 11) is 2.64. The highest BCUT2D eigenvalue weighted by molar-refractivity contribution is 6.03. The molecule has 2 aliphatic rings. The van der Waals surface area contributed by atoms with E-state index in [2.05, 4.69) is 30.4 Å². The van der Waals surface area contributed by atoms with Crippen molar-refractivity contribution in [2.75, 3.05) is 14.2 Å². The first-order valence-electron chi connectivity index (χ1n) is 15.4. The maximum Gasteiger partial charge on any atom is 0.340 e. The molecule has 0 fully saturated rings. The van der Waals surface area contributed by atoms with Gasteiger partial charge in [0.25, 0.3) is 0 Å². The highest BCUT2D eigenvalue weighted by atomic mass is 16.5. The number of hydrogen-bond donors (Lipinski definition) is 3. The number of nitrogens with zero attached hydrogens (tertiary/aromatic N) is 2. The van der Waals surface area contributed by atoms with Gasteiger partial charge in [-0.15, -0.1) is 0 Å². The van der Waals surface area contributed by atoms with Gasteiger partial charge < -0.3 is 24.5 Å². The number of H-pyrrole nitrogens is 2. The van der Waals surface area contributed by atoms with E-state index in [0.29, 0.717) is 40.0 Å². The monoisotopic (exact) mass is 624 g/mol. The molecule has 0 saturated heterocycles. The van der Waals surface area contributed by atoms with Crippen LogP contribution in [0.25, 0.3) is 33.2 Å². The second-order valence-electron chi connectivity index (χ2n) is 11.9. The zero-order chi connectivity index (χ0) is 33.4. The SMILES string of the molecule is C=CC1=C(C)c2cc3nc(c(CC(=O)O)c4[nH]c(cc5[nH]c(cc1n2)c(C)c5CC)c(C)c4C(=O)OC)[C@@H](CCC(=O)OC)[C@@H]3C. The average Bonchev–Trinajstić information content (AvgIpc) is 3.71. The van der Waals surface area contributed by atoms with Gasteiger partial charge in [-0.25, -0.2) is 9.78 Å². The van der Waals surface area contributed by atoms with Crippen LogP contribution in [-0.4, -0.2) is 57.2 Å². The lowest BCUT2D eigenvalue weighted by Crippen LogP contribution is -2.12.